The van der Waals surface area contributed by atoms with Gasteiger partial charge in [-0.2, -0.15) is 0 Å². The summed E-state index contributed by atoms with van der Waals surface area (Å²) in [5, 5.41) is 0. The molecule has 2 aliphatic rings. The van der Waals surface area contributed by atoms with Gasteiger partial charge in [-0.15, -0.1) is 0 Å². The summed E-state index contributed by atoms with van der Waals surface area (Å²) in [5.41, 5.74) is 5.74. The van der Waals surface area contributed by atoms with E-state index in [1.165, 1.54) is 15.1 Å². The number of benzene rings is 1. The molecule has 0 spiro atoms. The molecule has 3 nitrogen and oxygen atoms in total. The van der Waals surface area contributed by atoms with E-state index in [1.54, 1.807) is 24.5 Å². The number of aryl methyl sites for hydroxylation is 1. The quantitative estimate of drug-likeness (QED) is 0.799. The van der Waals surface area contributed by atoms with Crippen LogP contribution in [0.1, 0.15) is 30.0 Å². The van der Waals surface area contributed by atoms with Crippen LogP contribution in [0.4, 0.5) is 0 Å². The average Bonchev–Trinajstić information content (AvgIpc) is 3.19. The molecule has 2 aromatic rings. The van der Waals surface area contributed by atoms with E-state index in [2.05, 4.69) is 25.2 Å². The predicted molar refractivity (Wildman–Crippen MR) is 101 cm³/mol. The second kappa shape index (κ2) is 5.88. The average molecular weight is 351 g/mol. The Balaban J connectivity index is 1.77. The van der Waals surface area contributed by atoms with Crippen LogP contribution in [0.5, 0.6) is 0 Å². The lowest BCUT2D eigenvalue weighted by atomic mass is 9.87. The zero-order valence-corrected chi connectivity index (χ0v) is 15.3. The van der Waals surface area contributed by atoms with Crippen molar-refractivity contribution in [2.75, 3.05) is 0 Å². The van der Waals surface area contributed by atoms with E-state index >= 15 is 0 Å². The van der Waals surface area contributed by atoms with Crippen molar-refractivity contribution in [2.24, 2.45) is 5.92 Å². The molecule has 1 unspecified atom stereocenters. The minimum Gasteiger partial charge on any atom is -0.248 e. The Morgan fingerprint density at radius 2 is 1.80 bits per heavy atom. The number of hydrogen-bond donors (Lipinski definition) is 0. The molecular formula is C21H21NO2S. The Labute approximate surface area is 149 Å². The summed E-state index contributed by atoms with van der Waals surface area (Å²) in [7, 11) is -3.56. The Hall–Kier alpha value is -2.33. The lowest BCUT2D eigenvalue weighted by molar-refractivity contribution is 0.587. The minimum absolute atomic E-state index is 0.320. The molecule has 0 saturated heterocycles. The molecule has 1 aromatic carbocycles. The predicted octanol–water partition coefficient (Wildman–Crippen LogP) is 4.50. The topological polar surface area (TPSA) is 39.1 Å². The first-order chi connectivity index (χ1) is 11.9. The third-order valence-electron chi connectivity index (χ3n) is 5.02. The highest BCUT2D eigenvalue weighted by Gasteiger charge is 2.23. The van der Waals surface area contributed by atoms with Gasteiger partial charge in [0, 0.05) is 12.4 Å². The standard InChI is InChI=1S/C21H21NO2S/c1-15-6-10-20(11-7-15)25(23,24)22-13-18-9-8-17-4-3-5-21(17)16(2)12-19(18)14-22/h4-11,13-14,16H,3,12H2,1-2H3. The van der Waals surface area contributed by atoms with Gasteiger partial charge in [0.2, 0.25) is 0 Å². The number of rotatable bonds is 2. The Bertz CT molecular complexity index is 1020. The van der Waals surface area contributed by atoms with Gasteiger partial charge in [0.1, 0.15) is 0 Å². The van der Waals surface area contributed by atoms with Gasteiger partial charge in [-0.3, -0.25) is 0 Å². The van der Waals surface area contributed by atoms with Gasteiger partial charge in [0.05, 0.1) is 4.90 Å². The molecule has 0 saturated carbocycles. The van der Waals surface area contributed by atoms with E-state index in [4.69, 9.17) is 0 Å². The highest BCUT2D eigenvalue weighted by molar-refractivity contribution is 7.90. The number of hydrogen-bond acceptors (Lipinski definition) is 2. The van der Waals surface area contributed by atoms with Gasteiger partial charge in [0.15, 0.2) is 0 Å². The smallest absolute Gasteiger partial charge is 0.248 e. The molecule has 4 heteroatoms. The molecule has 1 aromatic heterocycles. The molecule has 0 radical (unpaired) electrons. The normalized spacial score (nSPS) is 19.5. The second-order valence-corrected chi connectivity index (χ2v) is 8.72. The van der Waals surface area contributed by atoms with E-state index in [0.29, 0.717) is 10.8 Å². The highest BCUT2D eigenvalue weighted by atomic mass is 32.2. The van der Waals surface area contributed by atoms with Crippen LogP contribution in [-0.4, -0.2) is 12.4 Å². The lowest BCUT2D eigenvalue weighted by Gasteiger charge is -2.17. The van der Waals surface area contributed by atoms with E-state index in [0.717, 1.165) is 29.5 Å². The van der Waals surface area contributed by atoms with Gasteiger partial charge in [-0.05, 0) is 60.1 Å². The second-order valence-electron chi connectivity index (χ2n) is 6.88. The maximum absolute atomic E-state index is 12.9. The molecule has 2 aliphatic carbocycles. The van der Waals surface area contributed by atoms with Crippen LogP contribution in [0.2, 0.25) is 0 Å². The van der Waals surface area contributed by atoms with Crippen LogP contribution in [0.3, 0.4) is 0 Å². The molecule has 1 heterocycles. The first kappa shape index (κ1) is 16.2. The summed E-state index contributed by atoms with van der Waals surface area (Å²) in [4.78, 5) is 0.320. The molecule has 0 bridgehead atoms. The van der Waals surface area contributed by atoms with Crippen molar-refractivity contribution in [2.45, 2.75) is 31.6 Å². The van der Waals surface area contributed by atoms with Crippen LogP contribution in [-0.2, 0) is 16.4 Å². The van der Waals surface area contributed by atoms with Crippen LogP contribution in [0, 0.1) is 12.8 Å². The SMILES string of the molecule is Cc1ccc(S(=O)(=O)n2cc3c(c2)CC(C)C2=CCC=C2C=C3)cc1. The number of aromatic nitrogens is 1. The van der Waals surface area contributed by atoms with Crippen LogP contribution in [0.15, 0.2) is 70.9 Å². The van der Waals surface area contributed by atoms with Crippen molar-refractivity contribution < 1.29 is 8.42 Å². The van der Waals surface area contributed by atoms with Gasteiger partial charge in [-0.1, -0.05) is 48.9 Å². The van der Waals surface area contributed by atoms with Crippen molar-refractivity contribution >= 4 is 16.1 Å². The van der Waals surface area contributed by atoms with Gasteiger partial charge in [0.25, 0.3) is 10.0 Å². The maximum atomic E-state index is 12.9. The number of allylic oxidation sites excluding steroid dienone is 5. The summed E-state index contributed by atoms with van der Waals surface area (Å²) >= 11 is 0. The lowest BCUT2D eigenvalue weighted by Crippen LogP contribution is -2.11. The Morgan fingerprint density at radius 3 is 2.56 bits per heavy atom. The zero-order valence-electron chi connectivity index (χ0n) is 14.4. The zero-order chi connectivity index (χ0) is 17.6. The van der Waals surface area contributed by atoms with Gasteiger partial charge < -0.3 is 0 Å². The van der Waals surface area contributed by atoms with Gasteiger partial charge in [-0.25, -0.2) is 12.4 Å². The third kappa shape index (κ3) is 2.81. The molecule has 0 N–H and O–H groups in total. The summed E-state index contributed by atoms with van der Waals surface area (Å²) in [6.45, 7) is 4.16. The summed E-state index contributed by atoms with van der Waals surface area (Å²) < 4.78 is 27.2. The summed E-state index contributed by atoms with van der Waals surface area (Å²) in [6.07, 6.45) is 14.0. The maximum Gasteiger partial charge on any atom is 0.267 e. The van der Waals surface area contributed by atoms with E-state index in [9.17, 15) is 8.42 Å². The van der Waals surface area contributed by atoms with Crippen LogP contribution < -0.4 is 0 Å². The summed E-state index contributed by atoms with van der Waals surface area (Å²) in [5.74, 6) is 0.385. The minimum atomic E-state index is -3.56. The molecule has 1 atom stereocenters. The monoisotopic (exact) mass is 351 g/mol. The highest BCUT2D eigenvalue weighted by Crippen LogP contribution is 2.34. The van der Waals surface area contributed by atoms with E-state index in [-0.39, 0.29) is 0 Å². The molecule has 128 valence electrons. The molecule has 0 fully saturated rings. The van der Waals surface area contributed by atoms with Crippen molar-refractivity contribution in [3.8, 4) is 0 Å². The number of fused-ring (bicyclic) bond motifs is 2. The fraction of sp³-hybridized carbons (Fsp3) is 0.238. The first-order valence-corrected chi connectivity index (χ1v) is 10.0. The van der Waals surface area contributed by atoms with Crippen molar-refractivity contribution in [1.82, 2.24) is 3.97 Å². The van der Waals surface area contributed by atoms with Crippen molar-refractivity contribution in [1.29, 1.82) is 0 Å². The van der Waals surface area contributed by atoms with Crippen molar-refractivity contribution in [3.63, 3.8) is 0 Å². The summed E-state index contributed by atoms with van der Waals surface area (Å²) in [6, 6.07) is 6.99. The van der Waals surface area contributed by atoms with E-state index < -0.39 is 10.0 Å². The number of nitrogens with zero attached hydrogens (tertiary/aromatic N) is 1. The molecule has 4 rings (SSSR count). The van der Waals surface area contributed by atoms with Crippen LogP contribution in [0.25, 0.3) is 6.08 Å². The fourth-order valence-electron chi connectivity index (χ4n) is 3.59. The molecule has 0 amide bonds. The third-order valence-corrected chi connectivity index (χ3v) is 6.66. The van der Waals surface area contributed by atoms with Crippen LogP contribution >= 0.6 is 0 Å². The fourth-order valence-corrected chi connectivity index (χ4v) is 4.84. The van der Waals surface area contributed by atoms with E-state index in [1.807, 2.05) is 25.1 Å². The first-order valence-electron chi connectivity index (χ1n) is 8.57. The largest absolute Gasteiger partial charge is 0.267 e. The molecule has 25 heavy (non-hydrogen) atoms. The Morgan fingerprint density at radius 1 is 1.04 bits per heavy atom. The molecule has 0 aliphatic heterocycles. The Kier molecular flexibility index (Phi) is 3.80. The molecular weight excluding hydrogens is 330 g/mol. The van der Waals surface area contributed by atoms with Crippen molar-refractivity contribution in [3.05, 3.63) is 82.7 Å². The van der Waals surface area contributed by atoms with Gasteiger partial charge >= 0.3 is 0 Å².